The maximum Gasteiger partial charge on any atom is 0.257 e. The molecule has 0 radical (unpaired) electrons. The van der Waals surface area contributed by atoms with Gasteiger partial charge in [0.05, 0.1) is 12.1 Å². The molecule has 1 aromatic carbocycles. The Balaban J connectivity index is 1.63. The zero-order valence-electron chi connectivity index (χ0n) is 14.5. The van der Waals surface area contributed by atoms with Crippen molar-refractivity contribution in [3.63, 3.8) is 0 Å². The molecule has 1 atom stereocenters. The van der Waals surface area contributed by atoms with E-state index in [-0.39, 0.29) is 17.7 Å². The third-order valence-electron chi connectivity index (χ3n) is 4.58. The molecule has 1 fully saturated rings. The summed E-state index contributed by atoms with van der Waals surface area (Å²) in [5.41, 5.74) is 6.97. The average molecular weight is 341 g/mol. The second-order valence-corrected chi connectivity index (χ2v) is 6.53. The zero-order chi connectivity index (χ0) is 18.0. The number of amides is 1. The first kappa shape index (κ1) is 17.2. The maximum atomic E-state index is 12.7. The van der Waals surface area contributed by atoms with Gasteiger partial charge in [0, 0.05) is 25.3 Å². The summed E-state index contributed by atoms with van der Waals surface area (Å²) in [6, 6.07) is 7.02. The van der Waals surface area contributed by atoms with Crippen LogP contribution in [0.25, 0.3) is 0 Å². The third-order valence-corrected chi connectivity index (χ3v) is 4.58. The molecule has 0 saturated carbocycles. The first-order chi connectivity index (χ1) is 11.9. The van der Waals surface area contributed by atoms with Crippen molar-refractivity contribution >= 4 is 11.7 Å². The van der Waals surface area contributed by atoms with Crippen LogP contribution in [0.1, 0.15) is 28.2 Å². The number of nitrogens with zero attached hydrogens (tertiary/aromatic N) is 4. The first-order valence-electron chi connectivity index (χ1n) is 8.30. The number of hydrogen-bond donors (Lipinski definition) is 2. The minimum Gasteiger partial charge on any atom is -0.507 e. The van der Waals surface area contributed by atoms with Crippen molar-refractivity contribution in [2.75, 3.05) is 25.9 Å². The number of rotatable bonds is 4. The predicted octanol–water partition coefficient (Wildman–Crippen LogP) is 1.42. The van der Waals surface area contributed by atoms with Gasteiger partial charge in [0.25, 0.3) is 5.91 Å². The Labute approximate surface area is 147 Å². The zero-order valence-corrected chi connectivity index (χ0v) is 14.5. The number of hydrogen-bond acceptors (Lipinski definition) is 6. The highest BCUT2D eigenvalue weighted by Crippen LogP contribution is 2.24. The van der Waals surface area contributed by atoms with Crippen molar-refractivity contribution in [3.05, 3.63) is 47.4 Å². The molecule has 1 amide bonds. The van der Waals surface area contributed by atoms with Gasteiger partial charge in [-0.3, -0.25) is 9.69 Å². The van der Waals surface area contributed by atoms with Gasteiger partial charge in [-0.2, -0.15) is 0 Å². The number of anilines is 1. The van der Waals surface area contributed by atoms with Crippen LogP contribution in [-0.2, 0) is 6.54 Å². The van der Waals surface area contributed by atoms with Gasteiger partial charge in [0.15, 0.2) is 0 Å². The van der Waals surface area contributed by atoms with Gasteiger partial charge in [-0.05, 0) is 44.2 Å². The lowest BCUT2D eigenvalue weighted by molar-refractivity contribution is 0.0776. The van der Waals surface area contributed by atoms with Crippen molar-refractivity contribution in [1.29, 1.82) is 0 Å². The van der Waals surface area contributed by atoms with Crippen molar-refractivity contribution < 1.29 is 9.90 Å². The normalized spacial score (nSPS) is 17.2. The summed E-state index contributed by atoms with van der Waals surface area (Å²) in [5.74, 6) is 1.03. The van der Waals surface area contributed by atoms with Gasteiger partial charge < -0.3 is 15.7 Å². The van der Waals surface area contributed by atoms with Crippen LogP contribution in [-0.4, -0.2) is 57.0 Å². The van der Waals surface area contributed by atoms with Gasteiger partial charge in [-0.1, -0.05) is 6.07 Å². The molecule has 25 heavy (non-hydrogen) atoms. The Morgan fingerprint density at radius 3 is 2.96 bits per heavy atom. The summed E-state index contributed by atoms with van der Waals surface area (Å²) in [4.78, 5) is 25.0. The lowest BCUT2D eigenvalue weighted by Gasteiger charge is -2.24. The molecule has 1 saturated heterocycles. The van der Waals surface area contributed by atoms with Crippen LogP contribution < -0.4 is 5.73 Å². The van der Waals surface area contributed by atoms with E-state index in [1.807, 2.05) is 20.0 Å². The number of aryl methyl sites for hydroxylation is 1. The summed E-state index contributed by atoms with van der Waals surface area (Å²) >= 11 is 0. The van der Waals surface area contributed by atoms with Crippen LogP contribution in [0.2, 0.25) is 0 Å². The number of aromatic hydroxyl groups is 1. The minimum absolute atomic E-state index is 0.0370. The number of benzene rings is 1. The van der Waals surface area contributed by atoms with Gasteiger partial charge >= 0.3 is 0 Å². The van der Waals surface area contributed by atoms with Crippen LogP contribution in [0.4, 0.5) is 5.82 Å². The minimum atomic E-state index is -0.131. The van der Waals surface area contributed by atoms with Crippen LogP contribution in [0.3, 0.4) is 0 Å². The quantitative estimate of drug-likeness (QED) is 0.873. The number of likely N-dealkylation sites (tertiary alicyclic amines) is 1. The van der Waals surface area contributed by atoms with E-state index in [0.29, 0.717) is 36.8 Å². The number of carbonyl (C=O) groups is 1. The van der Waals surface area contributed by atoms with E-state index in [9.17, 15) is 9.90 Å². The highest BCUT2D eigenvalue weighted by atomic mass is 16.3. The van der Waals surface area contributed by atoms with Crippen LogP contribution in [0, 0.1) is 6.92 Å². The van der Waals surface area contributed by atoms with Crippen molar-refractivity contribution in [1.82, 2.24) is 19.8 Å². The standard InChI is InChI=1S/C18H23N5O2/c1-12-3-4-14(15(24)9-12)18(25)23-8-6-13(10-23)22(2)11-17-20-7-5-16(19)21-17/h3-5,7,9,13,24H,6,8,10-11H2,1-2H3,(H2,19,20,21)/t13-/m1/s1. The van der Waals surface area contributed by atoms with Crippen molar-refractivity contribution in [2.45, 2.75) is 25.9 Å². The summed E-state index contributed by atoms with van der Waals surface area (Å²) < 4.78 is 0. The Kier molecular flexibility index (Phi) is 4.85. The van der Waals surface area contributed by atoms with E-state index in [1.165, 1.54) is 0 Å². The molecule has 1 aliphatic heterocycles. The summed E-state index contributed by atoms with van der Waals surface area (Å²) in [6.07, 6.45) is 2.52. The SMILES string of the molecule is Cc1ccc(C(=O)N2CC[C@@H](N(C)Cc3nccc(N)n3)C2)c(O)c1. The molecule has 7 heteroatoms. The molecule has 7 nitrogen and oxygen atoms in total. The largest absolute Gasteiger partial charge is 0.507 e. The first-order valence-corrected chi connectivity index (χ1v) is 8.30. The second-order valence-electron chi connectivity index (χ2n) is 6.53. The Morgan fingerprint density at radius 2 is 2.24 bits per heavy atom. The molecular weight excluding hydrogens is 318 g/mol. The average Bonchev–Trinajstić information content (AvgIpc) is 3.04. The third kappa shape index (κ3) is 3.88. The second kappa shape index (κ2) is 7.06. The predicted molar refractivity (Wildman–Crippen MR) is 95.1 cm³/mol. The number of aromatic nitrogens is 2. The van der Waals surface area contributed by atoms with E-state index in [1.54, 1.807) is 29.3 Å². The monoisotopic (exact) mass is 341 g/mol. The number of phenols is 1. The lowest BCUT2D eigenvalue weighted by atomic mass is 10.1. The van der Waals surface area contributed by atoms with Crippen LogP contribution in [0.15, 0.2) is 30.5 Å². The van der Waals surface area contributed by atoms with Crippen LogP contribution >= 0.6 is 0 Å². The molecular formula is C18H23N5O2. The summed E-state index contributed by atoms with van der Waals surface area (Å²) in [5, 5.41) is 10.0. The highest BCUT2D eigenvalue weighted by molar-refractivity contribution is 5.97. The van der Waals surface area contributed by atoms with Gasteiger partial charge in [0.2, 0.25) is 0 Å². The fourth-order valence-electron chi connectivity index (χ4n) is 3.12. The molecule has 1 aliphatic rings. The lowest BCUT2D eigenvalue weighted by Crippen LogP contribution is -2.36. The topological polar surface area (TPSA) is 95.6 Å². The molecule has 2 heterocycles. The van der Waals surface area contributed by atoms with E-state index >= 15 is 0 Å². The molecule has 3 rings (SSSR count). The molecule has 1 aromatic heterocycles. The fraction of sp³-hybridized carbons (Fsp3) is 0.389. The Bertz CT molecular complexity index is 780. The summed E-state index contributed by atoms with van der Waals surface area (Å²) in [6.45, 7) is 3.74. The smallest absolute Gasteiger partial charge is 0.257 e. The molecule has 0 aliphatic carbocycles. The number of nitrogens with two attached hydrogens (primary N) is 1. The number of phenolic OH excluding ortho intramolecular Hbond substituents is 1. The fourth-order valence-corrected chi connectivity index (χ4v) is 3.12. The number of likely N-dealkylation sites (N-methyl/N-ethyl adjacent to an activating group) is 1. The van der Waals surface area contributed by atoms with E-state index in [2.05, 4.69) is 14.9 Å². The van der Waals surface area contributed by atoms with E-state index < -0.39 is 0 Å². The van der Waals surface area contributed by atoms with E-state index in [0.717, 1.165) is 12.0 Å². The molecule has 2 aromatic rings. The van der Waals surface area contributed by atoms with Crippen molar-refractivity contribution in [2.24, 2.45) is 0 Å². The molecule has 3 N–H and O–H groups in total. The van der Waals surface area contributed by atoms with Gasteiger partial charge in [-0.15, -0.1) is 0 Å². The maximum absolute atomic E-state index is 12.7. The van der Waals surface area contributed by atoms with E-state index in [4.69, 9.17) is 5.73 Å². The molecule has 0 bridgehead atoms. The number of carbonyl (C=O) groups excluding carboxylic acids is 1. The highest BCUT2D eigenvalue weighted by Gasteiger charge is 2.30. The van der Waals surface area contributed by atoms with Crippen molar-refractivity contribution in [3.8, 4) is 5.75 Å². The Morgan fingerprint density at radius 1 is 1.44 bits per heavy atom. The van der Waals surface area contributed by atoms with Gasteiger partial charge in [0.1, 0.15) is 17.4 Å². The molecule has 0 spiro atoms. The molecule has 132 valence electrons. The molecule has 0 unspecified atom stereocenters. The summed E-state index contributed by atoms with van der Waals surface area (Å²) in [7, 11) is 1.99. The van der Waals surface area contributed by atoms with Gasteiger partial charge in [-0.25, -0.2) is 9.97 Å². The Hall–Kier alpha value is -2.67. The number of nitrogen functional groups attached to an aromatic ring is 1. The van der Waals surface area contributed by atoms with Crippen LogP contribution in [0.5, 0.6) is 5.75 Å².